The average molecular weight is 315 g/mol. The van der Waals surface area contributed by atoms with Crippen molar-refractivity contribution >= 4 is 27.5 Å². The van der Waals surface area contributed by atoms with Crippen molar-refractivity contribution in [3.05, 3.63) is 41.7 Å². The Kier molecular flexibility index (Phi) is 4.15. The van der Waals surface area contributed by atoms with E-state index in [9.17, 15) is 4.79 Å². The van der Waals surface area contributed by atoms with E-state index in [0.717, 1.165) is 10.2 Å². The van der Waals surface area contributed by atoms with Crippen LogP contribution < -0.4 is 5.32 Å². The Bertz CT molecular complexity index is 732. The molecule has 0 bridgehead atoms. The molecule has 0 aliphatic heterocycles. The Morgan fingerprint density at radius 2 is 2.00 bits per heavy atom. The molecule has 0 aliphatic carbocycles. The second-order valence-corrected chi connectivity index (χ2v) is 6.43. The summed E-state index contributed by atoms with van der Waals surface area (Å²) in [4.78, 5) is 18.4. The lowest BCUT2D eigenvalue weighted by atomic mass is 10.0. The SMILES string of the molecule is CC(C)C(Cn1nccn1)NC(=O)c1nc2ccccc2s1. The number of nitrogens with zero attached hydrogens (tertiary/aromatic N) is 4. The predicted octanol–water partition coefficient (Wildman–Crippen LogP) is 2.34. The second-order valence-electron chi connectivity index (χ2n) is 5.39. The van der Waals surface area contributed by atoms with E-state index in [1.165, 1.54) is 11.3 Å². The van der Waals surface area contributed by atoms with E-state index in [1.807, 2.05) is 24.3 Å². The van der Waals surface area contributed by atoms with Crippen molar-refractivity contribution in [1.29, 1.82) is 0 Å². The van der Waals surface area contributed by atoms with Gasteiger partial charge in [-0.25, -0.2) is 4.98 Å². The molecular weight excluding hydrogens is 298 g/mol. The van der Waals surface area contributed by atoms with Gasteiger partial charge >= 0.3 is 0 Å². The Balaban J connectivity index is 1.75. The number of thiazole rings is 1. The highest BCUT2D eigenvalue weighted by Gasteiger charge is 2.20. The molecule has 6 nitrogen and oxygen atoms in total. The van der Waals surface area contributed by atoms with Crippen LogP contribution >= 0.6 is 11.3 Å². The molecule has 114 valence electrons. The van der Waals surface area contributed by atoms with Gasteiger partial charge in [-0.1, -0.05) is 26.0 Å². The maximum Gasteiger partial charge on any atom is 0.280 e. The minimum absolute atomic E-state index is 0.0492. The van der Waals surface area contributed by atoms with Crippen molar-refractivity contribution in [2.24, 2.45) is 5.92 Å². The topological polar surface area (TPSA) is 72.7 Å². The molecule has 0 radical (unpaired) electrons. The summed E-state index contributed by atoms with van der Waals surface area (Å²) < 4.78 is 1.02. The largest absolute Gasteiger partial charge is 0.345 e. The van der Waals surface area contributed by atoms with Gasteiger partial charge in [0.15, 0.2) is 5.01 Å². The fraction of sp³-hybridized carbons (Fsp3) is 0.333. The normalized spacial score (nSPS) is 12.7. The summed E-state index contributed by atoms with van der Waals surface area (Å²) in [5, 5.41) is 11.7. The summed E-state index contributed by atoms with van der Waals surface area (Å²) in [6.07, 6.45) is 3.26. The van der Waals surface area contributed by atoms with Gasteiger partial charge in [-0.3, -0.25) is 4.79 Å². The van der Waals surface area contributed by atoms with Gasteiger partial charge in [0.2, 0.25) is 0 Å². The molecule has 1 atom stereocenters. The molecule has 0 spiro atoms. The number of hydrogen-bond acceptors (Lipinski definition) is 5. The number of aromatic nitrogens is 4. The lowest BCUT2D eigenvalue weighted by molar-refractivity contribution is 0.0917. The van der Waals surface area contributed by atoms with E-state index in [-0.39, 0.29) is 17.9 Å². The molecule has 2 heterocycles. The lowest BCUT2D eigenvalue weighted by Gasteiger charge is -2.21. The number of rotatable bonds is 5. The van der Waals surface area contributed by atoms with E-state index in [1.54, 1.807) is 17.2 Å². The molecule has 1 N–H and O–H groups in total. The van der Waals surface area contributed by atoms with Crippen molar-refractivity contribution in [1.82, 2.24) is 25.3 Å². The molecule has 7 heteroatoms. The second kappa shape index (κ2) is 6.23. The summed E-state index contributed by atoms with van der Waals surface area (Å²) in [6, 6.07) is 7.70. The van der Waals surface area contributed by atoms with Gasteiger partial charge in [-0.05, 0) is 18.1 Å². The van der Waals surface area contributed by atoms with E-state index in [4.69, 9.17) is 0 Å². The summed E-state index contributed by atoms with van der Waals surface area (Å²) in [7, 11) is 0. The molecule has 0 aliphatic rings. The van der Waals surface area contributed by atoms with Gasteiger partial charge in [-0.15, -0.1) is 11.3 Å². The highest BCUT2D eigenvalue weighted by atomic mass is 32.1. The molecular formula is C15H17N5OS. The van der Waals surface area contributed by atoms with Crippen molar-refractivity contribution in [2.75, 3.05) is 0 Å². The predicted molar refractivity (Wildman–Crippen MR) is 85.7 cm³/mol. The third-order valence-electron chi connectivity index (χ3n) is 3.44. The van der Waals surface area contributed by atoms with Crippen LogP contribution in [0.15, 0.2) is 36.7 Å². The van der Waals surface area contributed by atoms with E-state index in [2.05, 4.69) is 34.3 Å². The van der Waals surface area contributed by atoms with Crippen LogP contribution in [0.2, 0.25) is 0 Å². The first-order valence-corrected chi connectivity index (χ1v) is 7.95. The first-order chi connectivity index (χ1) is 10.6. The van der Waals surface area contributed by atoms with Gasteiger partial charge in [0, 0.05) is 0 Å². The summed E-state index contributed by atoms with van der Waals surface area (Å²) in [5.74, 6) is 0.122. The van der Waals surface area contributed by atoms with Gasteiger partial charge in [0.05, 0.1) is 35.2 Å². The Labute approximate surface area is 132 Å². The Morgan fingerprint density at radius 1 is 1.27 bits per heavy atom. The van der Waals surface area contributed by atoms with Gasteiger partial charge in [0.1, 0.15) is 0 Å². The molecule has 0 saturated heterocycles. The summed E-state index contributed by atoms with van der Waals surface area (Å²) in [6.45, 7) is 4.67. The number of amides is 1. The quantitative estimate of drug-likeness (QED) is 0.784. The first kappa shape index (κ1) is 14.6. The lowest BCUT2D eigenvalue weighted by Crippen LogP contribution is -2.42. The molecule has 3 aromatic rings. The highest BCUT2D eigenvalue weighted by Crippen LogP contribution is 2.21. The zero-order valence-electron chi connectivity index (χ0n) is 12.4. The number of carbonyl (C=O) groups is 1. The maximum absolute atomic E-state index is 12.4. The van der Waals surface area contributed by atoms with Crippen LogP contribution in [-0.4, -0.2) is 31.9 Å². The average Bonchev–Trinajstić information content (AvgIpc) is 3.15. The minimum atomic E-state index is -0.146. The van der Waals surface area contributed by atoms with Crippen LogP contribution in [0.5, 0.6) is 0 Å². The van der Waals surface area contributed by atoms with Crippen LogP contribution in [0.3, 0.4) is 0 Å². The van der Waals surface area contributed by atoms with Crippen molar-refractivity contribution in [3.63, 3.8) is 0 Å². The third kappa shape index (κ3) is 3.14. The van der Waals surface area contributed by atoms with Crippen LogP contribution in [0.1, 0.15) is 23.6 Å². The minimum Gasteiger partial charge on any atom is -0.345 e. The monoisotopic (exact) mass is 315 g/mol. The van der Waals surface area contributed by atoms with Crippen LogP contribution in [0.4, 0.5) is 0 Å². The number of nitrogens with one attached hydrogen (secondary N) is 1. The first-order valence-electron chi connectivity index (χ1n) is 7.14. The van der Waals surface area contributed by atoms with Gasteiger partial charge in [0.25, 0.3) is 5.91 Å². The van der Waals surface area contributed by atoms with E-state index in [0.29, 0.717) is 11.6 Å². The molecule has 0 saturated carbocycles. The van der Waals surface area contributed by atoms with Crippen molar-refractivity contribution in [2.45, 2.75) is 26.4 Å². The fourth-order valence-electron chi connectivity index (χ4n) is 2.14. The van der Waals surface area contributed by atoms with Crippen molar-refractivity contribution in [3.8, 4) is 0 Å². The number of benzene rings is 1. The number of para-hydroxylation sites is 1. The van der Waals surface area contributed by atoms with Gasteiger partial charge in [-0.2, -0.15) is 15.0 Å². The molecule has 0 fully saturated rings. The smallest absolute Gasteiger partial charge is 0.280 e. The zero-order valence-corrected chi connectivity index (χ0v) is 13.2. The van der Waals surface area contributed by atoms with Gasteiger partial charge < -0.3 is 5.32 Å². The van der Waals surface area contributed by atoms with Crippen LogP contribution in [0, 0.1) is 5.92 Å². The number of carbonyl (C=O) groups excluding carboxylic acids is 1. The zero-order chi connectivity index (χ0) is 15.5. The van der Waals surface area contributed by atoms with Crippen LogP contribution in [-0.2, 0) is 6.54 Å². The molecule has 1 amide bonds. The fourth-order valence-corrected chi connectivity index (χ4v) is 3.00. The molecule has 22 heavy (non-hydrogen) atoms. The Morgan fingerprint density at radius 3 is 2.68 bits per heavy atom. The standard InChI is InChI=1S/C15H17N5OS/c1-10(2)12(9-20-16-7-8-17-20)18-14(21)15-19-11-5-3-4-6-13(11)22-15/h3-8,10,12H,9H2,1-2H3,(H,18,21). The highest BCUT2D eigenvalue weighted by molar-refractivity contribution is 7.20. The van der Waals surface area contributed by atoms with Crippen LogP contribution in [0.25, 0.3) is 10.2 Å². The number of hydrogen-bond donors (Lipinski definition) is 1. The third-order valence-corrected chi connectivity index (χ3v) is 4.47. The Hall–Kier alpha value is -2.28. The number of fused-ring (bicyclic) bond motifs is 1. The summed E-state index contributed by atoms with van der Waals surface area (Å²) in [5.41, 5.74) is 0.854. The molecule has 1 unspecified atom stereocenters. The van der Waals surface area contributed by atoms with E-state index >= 15 is 0 Å². The molecule has 2 aromatic heterocycles. The van der Waals surface area contributed by atoms with Crippen molar-refractivity contribution < 1.29 is 4.79 Å². The molecule has 1 aromatic carbocycles. The molecule has 3 rings (SSSR count). The van der Waals surface area contributed by atoms with E-state index < -0.39 is 0 Å². The maximum atomic E-state index is 12.4. The summed E-state index contributed by atoms with van der Waals surface area (Å²) >= 11 is 1.41.